The number of hydrogen-bond acceptors (Lipinski definition) is 8. The highest BCUT2D eigenvalue weighted by atomic mass is 127. The second-order valence-electron chi connectivity index (χ2n) is 5.57. The molecule has 0 radical (unpaired) electrons. The molecule has 0 heterocycles. The zero-order chi connectivity index (χ0) is 21.6. The van der Waals surface area contributed by atoms with Crippen molar-refractivity contribution in [3.63, 3.8) is 0 Å². The zero-order valence-electron chi connectivity index (χ0n) is 14.2. The van der Waals surface area contributed by atoms with Crippen molar-refractivity contribution in [3.8, 4) is 0 Å². The first-order valence-corrected chi connectivity index (χ1v) is 11.0. The van der Waals surface area contributed by atoms with Crippen LogP contribution in [0.1, 0.15) is 15.9 Å². The standard InChI is InChI=1S/C15H19I3N2O8/c16-9-6(3-22)10(17)12(20-13(25)7(4-23)15(27)28)11(18)8(9)14(26)19-1-5(24)2-21/h5,7,15,21-24,27-28H,1-4H2,(H,19,26)(H,20,25). The number of hydrogen-bond donors (Lipinski definition) is 8. The van der Waals surface area contributed by atoms with Crippen molar-refractivity contribution in [2.75, 3.05) is 25.1 Å². The van der Waals surface area contributed by atoms with E-state index in [4.69, 9.17) is 5.11 Å². The Kier molecular flexibility index (Phi) is 11.3. The van der Waals surface area contributed by atoms with Crippen LogP contribution in [0.4, 0.5) is 5.69 Å². The summed E-state index contributed by atoms with van der Waals surface area (Å²) < 4.78 is 1.19. The summed E-state index contributed by atoms with van der Waals surface area (Å²) in [6.45, 7) is -1.97. The molecule has 158 valence electrons. The smallest absolute Gasteiger partial charge is 0.253 e. The second-order valence-corrected chi connectivity index (χ2v) is 8.80. The molecule has 1 rings (SSSR count). The highest BCUT2D eigenvalue weighted by Gasteiger charge is 2.29. The quantitative estimate of drug-likeness (QED) is 0.117. The third-order valence-corrected chi connectivity index (χ3v) is 7.10. The largest absolute Gasteiger partial charge is 0.395 e. The molecule has 0 spiro atoms. The maximum Gasteiger partial charge on any atom is 0.253 e. The first-order valence-electron chi connectivity index (χ1n) is 7.75. The number of rotatable bonds is 9. The maximum atomic E-state index is 12.6. The number of benzene rings is 1. The van der Waals surface area contributed by atoms with Gasteiger partial charge in [-0.3, -0.25) is 9.59 Å². The van der Waals surface area contributed by atoms with Gasteiger partial charge in [0.25, 0.3) is 5.91 Å². The van der Waals surface area contributed by atoms with Crippen molar-refractivity contribution in [1.82, 2.24) is 5.32 Å². The number of aliphatic hydroxyl groups is 6. The van der Waals surface area contributed by atoms with E-state index in [-0.39, 0.29) is 17.8 Å². The molecule has 2 amide bonds. The van der Waals surface area contributed by atoms with Crippen molar-refractivity contribution in [3.05, 3.63) is 21.8 Å². The molecule has 0 aromatic heterocycles. The molecular formula is C15H19I3N2O8. The van der Waals surface area contributed by atoms with E-state index < -0.39 is 49.9 Å². The molecule has 0 bridgehead atoms. The third kappa shape index (κ3) is 6.30. The van der Waals surface area contributed by atoms with Gasteiger partial charge in [-0.15, -0.1) is 0 Å². The van der Waals surface area contributed by atoms with Gasteiger partial charge in [0, 0.05) is 19.2 Å². The molecule has 13 heteroatoms. The van der Waals surface area contributed by atoms with Gasteiger partial charge < -0.3 is 41.3 Å². The van der Waals surface area contributed by atoms with E-state index in [1.165, 1.54) is 0 Å². The average molecular weight is 736 g/mol. The Morgan fingerprint density at radius 3 is 2.00 bits per heavy atom. The van der Waals surface area contributed by atoms with Crippen molar-refractivity contribution in [2.24, 2.45) is 5.92 Å². The summed E-state index contributed by atoms with van der Waals surface area (Å²) in [5, 5.41) is 60.5. The number of amides is 2. The van der Waals surface area contributed by atoms with Crippen LogP contribution < -0.4 is 10.6 Å². The van der Waals surface area contributed by atoms with Gasteiger partial charge >= 0.3 is 0 Å². The number of halogens is 3. The van der Waals surface area contributed by atoms with Gasteiger partial charge in [-0.05, 0) is 67.8 Å². The normalized spacial score (nSPS) is 13.4. The van der Waals surface area contributed by atoms with Crippen LogP contribution in [0.3, 0.4) is 0 Å². The van der Waals surface area contributed by atoms with E-state index in [2.05, 4.69) is 10.6 Å². The fourth-order valence-electron chi connectivity index (χ4n) is 2.06. The highest BCUT2D eigenvalue weighted by Crippen LogP contribution is 2.36. The minimum absolute atomic E-state index is 0.135. The van der Waals surface area contributed by atoms with E-state index in [1.54, 1.807) is 0 Å². The molecule has 0 aliphatic carbocycles. The first-order chi connectivity index (χ1) is 13.1. The summed E-state index contributed by atoms with van der Waals surface area (Å²) in [6, 6.07) is 0. The van der Waals surface area contributed by atoms with Crippen LogP contribution in [-0.2, 0) is 11.4 Å². The molecule has 2 unspecified atom stereocenters. The lowest BCUT2D eigenvalue weighted by Crippen LogP contribution is -2.37. The van der Waals surface area contributed by atoms with Gasteiger partial charge in [-0.2, -0.15) is 0 Å². The molecule has 2 atom stereocenters. The van der Waals surface area contributed by atoms with E-state index in [0.29, 0.717) is 16.3 Å². The Balaban J connectivity index is 3.38. The Hall–Kier alpha value is 0.110. The van der Waals surface area contributed by atoms with Crippen LogP contribution in [0.25, 0.3) is 0 Å². The predicted molar refractivity (Wildman–Crippen MR) is 123 cm³/mol. The fourth-order valence-corrected chi connectivity index (χ4v) is 6.32. The lowest BCUT2D eigenvalue weighted by atomic mass is 10.1. The van der Waals surface area contributed by atoms with Gasteiger partial charge in [0.2, 0.25) is 5.91 Å². The van der Waals surface area contributed by atoms with Gasteiger partial charge in [0.1, 0.15) is 5.92 Å². The van der Waals surface area contributed by atoms with Crippen molar-refractivity contribution < 1.29 is 40.2 Å². The Morgan fingerprint density at radius 2 is 1.54 bits per heavy atom. The van der Waals surface area contributed by atoms with E-state index in [9.17, 15) is 35.1 Å². The monoisotopic (exact) mass is 736 g/mol. The van der Waals surface area contributed by atoms with E-state index >= 15 is 0 Å². The van der Waals surface area contributed by atoms with Gasteiger partial charge in [0.15, 0.2) is 6.29 Å². The number of carbonyl (C=O) groups excluding carboxylic acids is 2. The molecule has 0 saturated carbocycles. The number of anilines is 1. The minimum atomic E-state index is -2.08. The molecule has 0 aliphatic rings. The van der Waals surface area contributed by atoms with Crippen molar-refractivity contribution in [1.29, 1.82) is 0 Å². The Morgan fingerprint density at radius 1 is 0.929 bits per heavy atom. The van der Waals surface area contributed by atoms with E-state index in [1.807, 2.05) is 67.8 Å². The predicted octanol–water partition coefficient (Wildman–Crippen LogP) is -1.07. The van der Waals surface area contributed by atoms with Crippen LogP contribution in [0.5, 0.6) is 0 Å². The molecular weight excluding hydrogens is 717 g/mol. The SMILES string of the molecule is O=C(NCC(O)CO)c1c(I)c(CO)c(I)c(NC(=O)C(CO)C(O)O)c1I. The van der Waals surface area contributed by atoms with Crippen LogP contribution in [0.15, 0.2) is 0 Å². The molecule has 1 aromatic carbocycles. The fraction of sp³-hybridized carbons (Fsp3) is 0.467. The number of carbonyl (C=O) groups is 2. The Bertz CT molecular complexity index is 732. The maximum absolute atomic E-state index is 12.6. The summed E-state index contributed by atoms with van der Waals surface area (Å²) in [7, 11) is 0. The molecule has 8 N–H and O–H groups in total. The lowest BCUT2D eigenvalue weighted by molar-refractivity contribution is -0.140. The Labute approximate surface area is 201 Å². The van der Waals surface area contributed by atoms with Crippen LogP contribution >= 0.6 is 67.8 Å². The van der Waals surface area contributed by atoms with Gasteiger partial charge in [0.05, 0.1) is 40.7 Å². The van der Waals surface area contributed by atoms with Crippen LogP contribution in [0.2, 0.25) is 0 Å². The third-order valence-electron chi connectivity index (χ3n) is 3.64. The average Bonchev–Trinajstić information content (AvgIpc) is 2.63. The number of aliphatic hydroxyl groups excluding tert-OH is 5. The summed E-state index contributed by atoms with van der Waals surface area (Å²) in [5.41, 5.74) is 0.675. The number of nitrogens with one attached hydrogen (secondary N) is 2. The molecule has 0 aliphatic heterocycles. The minimum Gasteiger partial charge on any atom is -0.395 e. The zero-order valence-corrected chi connectivity index (χ0v) is 20.7. The summed E-state index contributed by atoms with van der Waals surface area (Å²) in [4.78, 5) is 24.9. The van der Waals surface area contributed by atoms with Crippen molar-refractivity contribution >= 4 is 85.3 Å². The van der Waals surface area contributed by atoms with Crippen LogP contribution in [0, 0.1) is 16.6 Å². The molecule has 0 saturated heterocycles. The summed E-state index contributed by atoms with van der Waals surface area (Å²) in [5.74, 6) is -2.97. The van der Waals surface area contributed by atoms with Gasteiger partial charge in [-0.1, -0.05) is 0 Å². The van der Waals surface area contributed by atoms with Crippen molar-refractivity contribution in [2.45, 2.75) is 19.0 Å². The molecule has 28 heavy (non-hydrogen) atoms. The van der Waals surface area contributed by atoms with E-state index in [0.717, 1.165) is 0 Å². The highest BCUT2D eigenvalue weighted by molar-refractivity contribution is 14.1. The molecule has 10 nitrogen and oxygen atoms in total. The molecule has 1 aromatic rings. The second kappa shape index (κ2) is 12.1. The molecule has 0 fully saturated rings. The summed E-state index contributed by atoms with van der Waals surface area (Å²) in [6.07, 6.45) is -3.22. The summed E-state index contributed by atoms with van der Waals surface area (Å²) >= 11 is 5.59. The topological polar surface area (TPSA) is 180 Å². The van der Waals surface area contributed by atoms with Crippen LogP contribution in [-0.4, -0.2) is 74.6 Å². The van der Waals surface area contributed by atoms with Gasteiger partial charge in [-0.25, -0.2) is 0 Å². The first kappa shape index (κ1) is 26.1. The lowest BCUT2D eigenvalue weighted by Gasteiger charge is -2.21.